The van der Waals surface area contributed by atoms with E-state index < -0.39 is 0 Å². The van der Waals surface area contributed by atoms with Gasteiger partial charge in [0, 0.05) is 5.56 Å². The number of aromatic nitrogens is 1. The van der Waals surface area contributed by atoms with Crippen molar-refractivity contribution in [2.24, 2.45) is 10.1 Å². The number of amidine groups is 1. The summed E-state index contributed by atoms with van der Waals surface area (Å²) >= 11 is 1.54. The van der Waals surface area contributed by atoms with Crippen LogP contribution in [0.25, 0.3) is 21.0 Å². The maximum Gasteiger partial charge on any atom is 0.183 e. The smallest absolute Gasteiger partial charge is 0.183 e. The van der Waals surface area contributed by atoms with E-state index >= 15 is 0 Å². The first-order valence-corrected chi connectivity index (χ1v) is 11.7. The molecule has 0 spiro atoms. The number of hydrogen-bond acceptors (Lipinski definition) is 6. The van der Waals surface area contributed by atoms with Crippen molar-refractivity contribution in [1.82, 2.24) is 10.4 Å². The quantitative estimate of drug-likeness (QED) is 0.176. The summed E-state index contributed by atoms with van der Waals surface area (Å²) in [6, 6.07) is 26.9. The van der Waals surface area contributed by atoms with Crippen LogP contribution in [0.3, 0.4) is 0 Å². The highest BCUT2D eigenvalue weighted by atomic mass is 32.1. The summed E-state index contributed by atoms with van der Waals surface area (Å²) in [6.07, 6.45) is 1.61. The number of rotatable bonds is 6. The molecule has 2 N–H and O–H groups in total. The van der Waals surface area contributed by atoms with Gasteiger partial charge in [0.15, 0.2) is 10.8 Å². The van der Waals surface area contributed by atoms with E-state index in [1.54, 1.807) is 12.3 Å². The number of phenols is 1. The minimum Gasteiger partial charge on any atom is -0.507 e. The normalized spacial score (nSPS) is 12.0. The van der Waals surface area contributed by atoms with Crippen molar-refractivity contribution in [1.29, 1.82) is 0 Å². The first kappa shape index (κ1) is 21.6. The van der Waals surface area contributed by atoms with E-state index in [-0.39, 0.29) is 5.75 Å². The molecular weight excluding hydrogens is 444 g/mol. The third-order valence-corrected chi connectivity index (χ3v) is 6.24. The fourth-order valence-electron chi connectivity index (χ4n) is 3.58. The van der Waals surface area contributed by atoms with Gasteiger partial charge in [-0.15, -0.1) is 11.3 Å². The third kappa shape index (κ3) is 4.60. The molecular formula is C27H22N4O2S. The zero-order chi connectivity index (χ0) is 23.3. The molecule has 5 rings (SSSR count). The highest BCUT2D eigenvalue weighted by Crippen LogP contribution is 2.26. The summed E-state index contributed by atoms with van der Waals surface area (Å²) in [6.45, 7) is 2.56. The van der Waals surface area contributed by atoms with Gasteiger partial charge in [0.2, 0.25) is 0 Å². The molecule has 0 fully saturated rings. The Morgan fingerprint density at radius 3 is 2.62 bits per heavy atom. The number of hydrogen-bond donors (Lipinski definition) is 2. The van der Waals surface area contributed by atoms with Crippen LogP contribution in [0.5, 0.6) is 11.5 Å². The van der Waals surface area contributed by atoms with Gasteiger partial charge in [-0.25, -0.2) is 9.98 Å². The van der Waals surface area contributed by atoms with E-state index in [9.17, 15) is 5.11 Å². The lowest BCUT2D eigenvalue weighted by Crippen LogP contribution is -2.18. The molecule has 0 unspecified atom stereocenters. The summed E-state index contributed by atoms with van der Waals surface area (Å²) in [4.78, 5) is 9.49. The summed E-state index contributed by atoms with van der Waals surface area (Å²) in [5.74, 6) is 1.47. The Morgan fingerprint density at radius 2 is 1.79 bits per heavy atom. The zero-order valence-corrected chi connectivity index (χ0v) is 19.3. The summed E-state index contributed by atoms with van der Waals surface area (Å²) in [7, 11) is 0. The first-order chi connectivity index (χ1) is 16.7. The van der Waals surface area contributed by atoms with Gasteiger partial charge in [0.1, 0.15) is 11.5 Å². The summed E-state index contributed by atoms with van der Waals surface area (Å²) in [5.41, 5.74) is 5.33. The number of aromatic hydroxyl groups is 1. The van der Waals surface area contributed by atoms with Gasteiger partial charge in [-0.1, -0.05) is 42.5 Å². The Kier molecular flexibility index (Phi) is 6.18. The summed E-state index contributed by atoms with van der Waals surface area (Å²) in [5, 5.41) is 17.5. The molecule has 6 nitrogen and oxygen atoms in total. The van der Waals surface area contributed by atoms with Gasteiger partial charge >= 0.3 is 0 Å². The van der Waals surface area contributed by atoms with Crippen LogP contribution in [-0.4, -0.2) is 28.7 Å². The van der Waals surface area contributed by atoms with Crippen molar-refractivity contribution < 1.29 is 9.84 Å². The molecule has 34 heavy (non-hydrogen) atoms. The molecule has 4 aromatic carbocycles. The van der Waals surface area contributed by atoms with E-state index in [0.29, 0.717) is 18.0 Å². The number of aliphatic imine (C=N–C) groups is 1. The second kappa shape index (κ2) is 9.72. The largest absolute Gasteiger partial charge is 0.507 e. The molecule has 0 saturated heterocycles. The average Bonchev–Trinajstić information content (AvgIpc) is 3.30. The number of phenolic OH excluding ortho intramolecular Hbond substituents is 1. The predicted octanol–water partition coefficient (Wildman–Crippen LogP) is 6.26. The number of nitrogens with one attached hydrogen (secondary N) is 1. The monoisotopic (exact) mass is 466 g/mol. The van der Waals surface area contributed by atoms with Gasteiger partial charge < -0.3 is 9.84 Å². The molecule has 5 aromatic rings. The molecule has 0 amide bonds. The SMILES string of the molecule is CCOc1ccc(N=C(NN=Cc2c(O)ccc3ccccc23)c2nc3ccccc3s2)cc1. The Labute approximate surface area is 200 Å². The zero-order valence-electron chi connectivity index (χ0n) is 18.5. The van der Waals surface area contributed by atoms with E-state index in [0.717, 1.165) is 37.4 Å². The van der Waals surface area contributed by atoms with Gasteiger partial charge in [-0.3, -0.25) is 5.43 Å². The van der Waals surface area contributed by atoms with Crippen LogP contribution in [0, 0.1) is 0 Å². The van der Waals surface area contributed by atoms with Crippen molar-refractivity contribution in [2.45, 2.75) is 6.92 Å². The van der Waals surface area contributed by atoms with Crippen LogP contribution >= 0.6 is 11.3 Å². The number of benzene rings is 4. The van der Waals surface area contributed by atoms with E-state index in [1.807, 2.05) is 85.8 Å². The molecule has 0 saturated carbocycles. The number of ether oxygens (including phenoxy) is 1. The molecule has 7 heteroatoms. The number of fused-ring (bicyclic) bond motifs is 2. The average molecular weight is 467 g/mol. The Morgan fingerprint density at radius 1 is 1.00 bits per heavy atom. The highest BCUT2D eigenvalue weighted by Gasteiger charge is 2.11. The van der Waals surface area contributed by atoms with E-state index in [4.69, 9.17) is 14.7 Å². The van der Waals surface area contributed by atoms with Gasteiger partial charge in [-0.2, -0.15) is 5.10 Å². The van der Waals surface area contributed by atoms with Crippen LogP contribution in [0.4, 0.5) is 5.69 Å². The minimum atomic E-state index is 0.161. The van der Waals surface area contributed by atoms with Gasteiger partial charge in [0.05, 0.1) is 28.7 Å². The van der Waals surface area contributed by atoms with E-state index in [1.165, 1.54) is 11.3 Å². The van der Waals surface area contributed by atoms with Crippen LogP contribution in [-0.2, 0) is 0 Å². The molecule has 0 radical (unpaired) electrons. The number of hydrazone groups is 1. The molecule has 0 aliphatic heterocycles. The molecule has 0 aliphatic carbocycles. The summed E-state index contributed by atoms with van der Waals surface area (Å²) < 4.78 is 6.59. The maximum atomic E-state index is 10.4. The molecule has 1 aromatic heterocycles. The van der Waals surface area contributed by atoms with Crippen molar-refractivity contribution >= 4 is 50.1 Å². The highest BCUT2D eigenvalue weighted by molar-refractivity contribution is 7.20. The van der Waals surface area contributed by atoms with Gasteiger partial charge in [0.25, 0.3) is 0 Å². The first-order valence-electron chi connectivity index (χ1n) is 10.9. The third-order valence-electron chi connectivity index (χ3n) is 5.20. The second-order valence-electron chi connectivity index (χ2n) is 7.46. The lowest BCUT2D eigenvalue weighted by atomic mass is 10.0. The standard InChI is InChI=1S/C27H22N4O2S/c1-2-33-20-14-12-19(13-15-20)29-26(27-30-23-9-5-6-10-25(23)34-27)31-28-17-22-21-8-4-3-7-18(21)11-16-24(22)32/h3-17,32H,2H2,1H3,(H,29,31). The Hall–Kier alpha value is -4.23. The van der Waals surface area contributed by atoms with E-state index in [2.05, 4.69) is 10.5 Å². The molecule has 0 atom stereocenters. The Bertz CT molecular complexity index is 1470. The van der Waals surface area contributed by atoms with Crippen molar-refractivity contribution in [3.8, 4) is 11.5 Å². The fourth-order valence-corrected chi connectivity index (χ4v) is 4.49. The van der Waals surface area contributed by atoms with Crippen LogP contribution < -0.4 is 10.2 Å². The maximum absolute atomic E-state index is 10.4. The van der Waals surface area contributed by atoms with Crippen molar-refractivity contribution in [3.63, 3.8) is 0 Å². The fraction of sp³-hybridized carbons (Fsp3) is 0.0741. The minimum absolute atomic E-state index is 0.161. The number of thiazole rings is 1. The van der Waals surface area contributed by atoms with Crippen molar-refractivity contribution in [3.05, 3.63) is 95.5 Å². The molecule has 1 heterocycles. The van der Waals surface area contributed by atoms with Crippen molar-refractivity contribution in [2.75, 3.05) is 6.61 Å². The number of para-hydroxylation sites is 1. The number of nitrogens with zero attached hydrogens (tertiary/aromatic N) is 3. The van der Waals surface area contributed by atoms with Crippen LogP contribution in [0.2, 0.25) is 0 Å². The molecule has 0 bridgehead atoms. The molecule has 0 aliphatic rings. The topological polar surface area (TPSA) is 79.1 Å². The van der Waals surface area contributed by atoms with Crippen LogP contribution in [0.1, 0.15) is 17.5 Å². The predicted molar refractivity (Wildman–Crippen MR) is 140 cm³/mol. The lowest BCUT2D eigenvalue weighted by molar-refractivity contribution is 0.340. The van der Waals surface area contributed by atoms with Gasteiger partial charge in [-0.05, 0) is 60.2 Å². The van der Waals surface area contributed by atoms with Crippen LogP contribution in [0.15, 0.2) is 95.0 Å². The Balaban J connectivity index is 1.50. The second-order valence-corrected chi connectivity index (χ2v) is 8.49. The molecule has 168 valence electrons. The lowest BCUT2D eigenvalue weighted by Gasteiger charge is -2.06.